The number of carbonyl (C=O) groups excluding carboxylic acids is 1. The number of hydrogen-bond donors (Lipinski definition) is 0. The minimum Gasteiger partial charge on any atom is -0.381 e. The summed E-state index contributed by atoms with van der Waals surface area (Å²) in [6.45, 7) is 8.87. The van der Waals surface area contributed by atoms with Crippen LogP contribution in [0.3, 0.4) is 0 Å². The number of nitrogens with zero attached hydrogens (tertiary/aromatic N) is 2. The second-order valence-corrected chi connectivity index (χ2v) is 6.52. The molecule has 116 valence electrons. The van der Waals surface area contributed by atoms with Gasteiger partial charge in [0.25, 0.3) is 0 Å². The maximum absolute atomic E-state index is 12.1. The molecule has 1 amide bonds. The molecule has 0 aromatic carbocycles. The number of carbonyl (C=O) groups is 1. The zero-order valence-electron chi connectivity index (χ0n) is 13.4. The van der Waals surface area contributed by atoms with Crippen molar-refractivity contribution in [2.75, 3.05) is 39.9 Å². The smallest absolute Gasteiger partial charge is 0.222 e. The first-order valence-corrected chi connectivity index (χ1v) is 8.18. The van der Waals surface area contributed by atoms with E-state index in [0.29, 0.717) is 11.8 Å². The predicted molar refractivity (Wildman–Crippen MR) is 80.7 cm³/mol. The number of hydrogen-bond acceptors (Lipinski definition) is 3. The van der Waals surface area contributed by atoms with Crippen LogP contribution in [0.1, 0.15) is 46.0 Å². The Morgan fingerprint density at radius 3 is 2.75 bits per heavy atom. The van der Waals surface area contributed by atoms with Crippen molar-refractivity contribution >= 4 is 5.91 Å². The van der Waals surface area contributed by atoms with Crippen molar-refractivity contribution in [3.63, 3.8) is 0 Å². The monoisotopic (exact) mass is 282 g/mol. The van der Waals surface area contributed by atoms with E-state index in [9.17, 15) is 4.79 Å². The summed E-state index contributed by atoms with van der Waals surface area (Å²) in [5.41, 5.74) is 0.238. The quantitative estimate of drug-likeness (QED) is 0.748. The van der Waals surface area contributed by atoms with E-state index in [2.05, 4.69) is 30.7 Å². The molecule has 2 aliphatic heterocycles. The molecule has 0 aromatic heterocycles. The van der Waals surface area contributed by atoms with E-state index in [0.717, 1.165) is 52.1 Å². The molecule has 0 radical (unpaired) electrons. The van der Waals surface area contributed by atoms with Gasteiger partial charge in [-0.05, 0) is 45.7 Å². The SMILES string of the molecule is CCCCC(=O)N1CC2(C[C@@H](COCC)CCN2C)C1. The number of rotatable bonds is 6. The predicted octanol–water partition coefficient (Wildman–Crippen LogP) is 2.14. The van der Waals surface area contributed by atoms with Gasteiger partial charge in [-0.2, -0.15) is 0 Å². The summed E-state index contributed by atoms with van der Waals surface area (Å²) in [6, 6.07) is 0. The molecule has 2 fully saturated rings. The molecule has 20 heavy (non-hydrogen) atoms. The largest absolute Gasteiger partial charge is 0.381 e. The number of ether oxygens (including phenoxy) is 1. The van der Waals surface area contributed by atoms with Crippen LogP contribution >= 0.6 is 0 Å². The number of amides is 1. The molecule has 2 aliphatic rings. The van der Waals surface area contributed by atoms with Crippen LogP contribution < -0.4 is 0 Å². The highest BCUT2D eigenvalue weighted by atomic mass is 16.5. The molecule has 0 aliphatic carbocycles. The number of likely N-dealkylation sites (N-methyl/N-ethyl adjacent to an activating group) is 1. The fourth-order valence-corrected chi connectivity index (χ4v) is 3.53. The van der Waals surface area contributed by atoms with E-state index in [1.54, 1.807) is 0 Å². The summed E-state index contributed by atoms with van der Waals surface area (Å²) >= 11 is 0. The van der Waals surface area contributed by atoms with Gasteiger partial charge in [0.2, 0.25) is 5.91 Å². The van der Waals surface area contributed by atoms with Crippen LogP contribution in [0, 0.1) is 5.92 Å². The Bertz CT molecular complexity index is 324. The second kappa shape index (κ2) is 6.90. The van der Waals surface area contributed by atoms with Gasteiger partial charge in [-0.1, -0.05) is 13.3 Å². The van der Waals surface area contributed by atoms with Crippen molar-refractivity contribution < 1.29 is 9.53 Å². The van der Waals surface area contributed by atoms with Gasteiger partial charge in [0.05, 0.1) is 5.54 Å². The summed E-state index contributed by atoms with van der Waals surface area (Å²) in [4.78, 5) is 16.6. The second-order valence-electron chi connectivity index (χ2n) is 6.52. The lowest BCUT2D eigenvalue weighted by Gasteiger charge is -2.58. The van der Waals surface area contributed by atoms with Crippen LogP contribution in [0.15, 0.2) is 0 Å². The molecule has 0 aromatic rings. The standard InChI is InChI=1S/C16H30N2O2/c1-4-6-7-15(19)18-12-16(13-18)10-14(11-20-5-2)8-9-17(16)3/h14H,4-13H2,1-3H3/t14-/m0/s1. The average Bonchev–Trinajstić information content (AvgIpc) is 2.41. The minimum atomic E-state index is 0.238. The lowest BCUT2D eigenvalue weighted by Crippen LogP contribution is -2.72. The first kappa shape index (κ1) is 15.8. The maximum atomic E-state index is 12.1. The van der Waals surface area contributed by atoms with Crippen LogP contribution in [0.2, 0.25) is 0 Å². The fraction of sp³-hybridized carbons (Fsp3) is 0.938. The molecule has 2 saturated heterocycles. The Morgan fingerprint density at radius 1 is 1.35 bits per heavy atom. The van der Waals surface area contributed by atoms with Gasteiger partial charge in [0.15, 0.2) is 0 Å². The van der Waals surface area contributed by atoms with Crippen molar-refractivity contribution in [3.05, 3.63) is 0 Å². The summed E-state index contributed by atoms with van der Waals surface area (Å²) in [5.74, 6) is 1.01. The van der Waals surface area contributed by atoms with Crippen LogP contribution in [0.5, 0.6) is 0 Å². The highest BCUT2D eigenvalue weighted by Gasteiger charge is 2.50. The maximum Gasteiger partial charge on any atom is 0.222 e. The third-order valence-electron chi connectivity index (χ3n) is 4.98. The van der Waals surface area contributed by atoms with E-state index >= 15 is 0 Å². The van der Waals surface area contributed by atoms with Gasteiger partial charge in [-0.15, -0.1) is 0 Å². The molecular formula is C16H30N2O2. The highest BCUT2D eigenvalue weighted by Crippen LogP contribution is 2.38. The first-order valence-electron chi connectivity index (χ1n) is 8.18. The Hall–Kier alpha value is -0.610. The Morgan fingerprint density at radius 2 is 2.10 bits per heavy atom. The molecule has 2 heterocycles. The highest BCUT2D eigenvalue weighted by molar-refractivity contribution is 5.77. The van der Waals surface area contributed by atoms with E-state index in [-0.39, 0.29) is 5.54 Å². The molecule has 0 unspecified atom stereocenters. The molecule has 4 nitrogen and oxygen atoms in total. The zero-order valence-corrected chi connectivity index (χ0v) is 13.4. The van der Waals surface area contributed by atoms with Crippen molar-refractivity contribution in [2.24, 2.45) is 5.92 Å². The Balaban J connectivity index is 1.83. The van der Waals surface area contributed by atoms with Crippen molar-refractivity contribution in [1.82, 2.24) is 9.80 Å². The third kappa shape index (κ3) is 3.34. The van der Waals surface area contributed by atoms with Crippen LogP contribution in [0.4, 0.5) is 0 Å². The normalized spacial score (nSPS) is 25.8. The molecule has 1 spiro atoms. The molecule has 0 saturated carbocycles. The molecule has 1 atom stereocenters. The molecule has 2 rings (SSSR count). The average molecular weight is 282 g/mol. The van der Waals surface area contributed by atoms with Gasteiger partial charge in [0, 0.05) is 32.7 Å². The minimum absolute atomic E-state index is 0.238. The van der Waals surface area contributed by atoms with Gasteiger partial charge in [0.1, 0.15) is 0 Å². The fourth-order valence-electron chi connectivity index (χ4n) is 3.53. The van der Waals surface area contributed by atoms with Crippen LogP contribution in [0.25, 0.3) is 0 Å². The summed E-state index contributed by atoms with van der Waals surface area (Å²) in [6.07, 6.45) is 5.24. The number of piperidine rings is 1. The van der Waals surface area contributed by atoms with E-state index < -0.39 is 0 Å². The van der Waals surface area contributed by atoms with Gasteiger partial charge in [-0.3, -0.25) is 9.69 Å². The summed E-state index contributed by atoms with van der Waals surface area (Å²) < 4.78 is 5.60. The number of likely N-dealkylation sites (tertiary alicyclic amines) is 2. The van der Waals surface area contributed by atoms with Crippen LogP contribution in [-0.4, -0.2) is 61.1 Å². The van der Waals surface area contributed by atoms with Gasteiger partial charge >= 0.3 is 0 Å². The molecule has 4 heteroatoms. The Kier molecular flexibility index (Phi) is 5.44. The van der Waals surface area contributed by atoms with E-state index in [1.165, 1.54) is 12.8 Å². The Labute approximate surface area is 123 Å². The molecular weight excluding hydrogens is 252 g/mol. The van der Waals surface area contributed by atoms with Crippen molar-refractivity contribution in [3.8, 4) is 0 Å². The first-order chi connectivity index (χ1) is 9.61. The van der Waals surface area contributed by atoms with Crippen LogP contribution in [-0.2, 0) is 9.53 Å². The summed E-state index contributed by atoms with van der Waals surface area (Å²) in [5, 5.41) is 0. The number of unbranched alkanes of at least 4 members (excludes halogenated alkanes) is 1. The van der Waals surface area contributed by atoms with Gasteiger partial charge in [-0.25, -0.2) is 0 Å². The van der Waals surface area contributed by atoms with E-state index in [4.69, 9.17) is 4.74 Å². The third-order valence-corrected chi connectivity index (χ3v) is 4.98. The topological polar surface area (TPSA) is 32.8 Å². The zero-order chi connectivity index (χ0) is 14.6. The molecule has 0 N–H and O–H groups in total. The molecule has 0 bridgehead atoms. The lowest BCUT2D eigenvalue weighted by atomic mass is 9.75. The lowest BCUT2D eigenvalue weighted by molar-refractivity contribution is -0.151. The van der Waals surface area contributed by atoms with Crippen molar-refractivity contribution in [2.45, 2.75) is 51.5 Å². The van der Waals surface area contributed by atoms with E-state index in [1.807, 2.05) is 0 Å². The van der Waals surface area contributed by atoms with Crippen molar-refractivity contribution in [1.29, 1.82) is 0 Å². The summed E-state index contributed by atoms with van der Waals surface area (Å²) in [7, 11) is 2.21. The van der Waals surface area contributed by atoms with Gasteiger partial charge < -0.3 is 9.64 Å².